The van der Waals surface area contributed by atoms with Gasteiger partial charge in [0, 0.05) is 10.6 Å². The van der Waals surface area contributed by atoms with E-state index < -0.39 is 18.3 Å². The third-order valence-corrected chi connectivity index (χ3v) is 3.03. The molecule has 0 heterocycles. The van der Waals surface area contributed by atoms with Gasteiger partial charge in [0.2, 0.25) is 0 Å². The molecular formula is C13H18ClNO3. The minimum Gasteiger partial charge on any atom is -0.439 e. The van der Waals surface area contributed by atoms with Crippen LogP contribution in [0.3, 0.4) is 0 Å². The molecule has 4 nitrogen and oxygen atoms in total. The summed E-state index contributed by atoms with van der Waals surface area (Å²) in [7, 11) is 0. The Morgan fingerprint density at radius 2 is 2.06 bits per heavy atom. The molecule has 1 amide bonds. The number of carbonyl (C=O) groups excluding carboxylic acids is 1. The highest BCUT2D eigenvalue weighted by atomic mass is 35.5. The second-order valence-electron chi connectivity index (χ2n) is 4.62. The van der Waals surface area contributed by atoms with Crippen LogP contribution in [0.1, 0.15) is 31.1 Å². The van der Waals surface area contributed by atoms with Crippen molar-refractivity contribution >= 4 is 17.7 Å². The Bertz CT molecular complexity index is 434. The number of aliphatic hydroxyl groups excluding tert-OH is 1. The van der Waals surface area contributed by atoms with Crippen LogP contribution in [0.4, 0.5) is 4.79 Å². The normalized spacial score (nSPS) is 14.3. The molecule has 0 aliphatic rings. The van der Waals surface area contributed by atoms with E-state index in [0.29, 0.717) is 10.6 Å². The fourth-order valence-electron chi connectivity index (χ4n) is 1.65. The lowest BCUT2D eigenvalue weighted by Gasteiger charge is -2.26. The number of aliphatic hydroxyl groups is 1. The van der Waals surface area contributed by atoms with Crippen LogP contribution in [0.15, 0.2) is 18.2 Å². The molecule has 2 atom stereocenters. The zero-order chi connectivity index (χ0) is 13.9. The van der Waals surface area contributed by atoms with Crippen LogP contribution in [0.25, 0.3) is 0 Å². The number of benzene rings is 1. The minimum atomic E-state index is -0.934. The van der Waals surface area contributed by atoms with Gasteiger partial charge in [0.15, 0.2) is 6.10 Å². The maximum absolute atomic E-state index is 10.9. The number of carbonyl (C=O) groups is 1. The molecule has 1 aromatic rings. The highest BCUT2D eigenvalue weighted by Crippen LogP contribution is 2.31. The van der Waals surface area contributed by atoms with Gasteiger partial charge in [0.1, 0.15) is 0 Å². The van der Waals surface area contributed by atoms with Crippen molar-refractivity contribution in [1.82, 2.24) is 0 Å². The number of hydrogen-bond acceptors (Lipinski definition) is 3. The van der Waals surface area contributed by atoms with Crippen molar-refractivity contribution in [3.8, 4) is 0 Å². The van der Waals surface area contributed by atoms with Gasteiger partial charge in [-0.05, 0) is 24.5 Å². The van der Waals surface area contributed by atoms with E-state index in [-0.39, 0.29) is 5.92 Å². The van der Waals surface area contributed by atoms with Gasteiger partial charge in [-0.2, -0.15) is 0 Å². The molecule has 3 N–H and O–H groups in total. The summed E-state index contributed by atoms with van der Waals surface area (Å²) in [6, 6.07) is 5.32. The zero-order valence-electron chi connectivity index (χ0n) is 10.7. The lowest BCUT2D eigenvalue weighted by Crippen LogP contribution is -2.30. The number of nitrogens with two attached hydrogens (primary N) is 1. The topological polar surface area (TPSA) is 72.5 Å². The van der Waals surface area contributed by atoms with Crippen LogP contribution in [0, 0.1) is 12.8 Å². The molecule has 0 aliphatic carbocycles. The average Bonchev–Trinajstić information content (AvgIpc) is 2.25. The van der Waals surface area contributed by atoms with E-state index in [1.165, 1.54) is 0 Å². The number of halogens is 1. The quantitative estimate of drug-likeness (QED) is 0.884. The van der Waals surface area contributed by atoms with Gasteiger partial charge in [-0.15, -0.1) is 0 Å². The number of rotatable bonds is 4. The highest BCUT2D eigenvalue weighted by Gasteiger charge is 2.28. The molecule has 0 unspecified atom stereocenters. The van der Waals surface area contributed by atoms with Gasteiger partial charge in [-0.1, -0.05) is 37.6 Å². The van der Waals surface area contributed by atoms with E-state index in [1.54, 1.807) is 12.1 Å². The van der Waals surface area contributed by atoms with E-state index in [4.69, 9.17) is 22.1 Å². The SMILES string of the molecule is Cc1ccc([C@H](OC(N)=O)[C@@H](O)C(C)C)c(Cl)c1. The van der Waals surface area contributed by atoms with Crippen LogP contribution in [-0.2, 0) is 4.74 Å². The minimum absolute atomic E-state index is 0.0910. The molecule has 18 heavy (non-hydrogen) atoms. The standard InChI is InChI=1S/C13H18ClNO3/c1-7(2)11(16)12(18-13(15)17)9-5-4-8(3)6-10(9)14/h4-7,11-12,16H,1-3H3,(H2,15,17)/t11-,12-/m0/s1. The molecule has 1 aromatic carbocycles. The van der Waals surface area contributed by atoms with Crippen molar-refractivity contribution in [1.29, 1.82) is 0 Å². The summed E-state index contributed by atoms with van der Waals surface area (Å²) in [6.45, 7) is 5.55. The third-order valence-electron chi connectivity index (χ3n) is 2.70. The molecule has 0 saturated carbocycles. The Morgan fingerprint density at radius 3 is 2.50 bits per heavy atom. The van der Waals surface area contributed by atoms with Crippen molar-refractivity contribution in [2.24, 2.45) is 11.7 Å². The fourth-order valence-corrected chi connectivity index (χ4v) is 2.00. The molecule has 5 heteroatoms. The first kappa shape index (κ1) is 14.8. The third kappa shape index (κ3) is 3.62. The summed E-state index contributed by atoms with van der Waals surface area (Å²) in [4.78, 5) is 10.9. The summed E-state index contributed by atoms with van der Waals surface area (Å²) in [5.74, 6) is -0.0910. The molecule has 0 spiro atoms. The van der Waals surface area contributed by atoms with Gasteiger partial charge in [-0.25, -0.2) is 4.79 Å². The molecule has 0 aromatic heterocycles. The van der Waals surface area contributed by atoms with Crippen molar-refractivity contribution in [2.45, 2.75) is 33.0 Å². The van der Waals surface area contributed by atoms with Crippen LogP contribution in [0.5, 0.6) is 0 Å². The zero-order valence-corrected chi connectivity index (χ0v) is 11.4. The summed E-state index contributed by atoms with van der Waals surface area (Å²) >= 11 is 6.11. The lowest BCUT2D eigenvalue weighted by molar-refractivity contribution is -0.0184. The lowest BCUT2D eigenvalue weighted by atomic mass is 9.95. The Hall–Kier alpha value is -1.26. The van der Waals surface area contributed by atoms with Gasteiger partial charge in [-0.3, -0.25) is 0 Å². The average molecular weight is 272 g/mol. The molecule has 0 fully saturated rings. The van der Waals surface area contributed by atoms with Gasteiger partial charge >= 0.3 is 6.09 Å². The molecular weight excluding hydrogens is 254 g/mol. The summed E-state index contributed by atoms with van der Waals surface area (Å²) < 4.78 is 4.98. The first-order chi connectivity index (χ1) is 8.32. The molecule has 0 saturated heterocycles. The maximum atomic E-state index is 10.9. The second-order valence-corrected chi connectivity index (χ2v) is 5.02. The second kappa shape index (κ2) is 6.07. The molecule has 100 valence electrons. The first-order valence-electron chi connectivity index (χ1n) is 5.73. The predicted octanol–water partition coefficient (Wildman–Crippen LogP) is 2.80. The molecule has 0 bridgehead atoms. The van der Waals surface area contributed by atoms with Gasteiger partial charge in [0.25, 0.3) is 0 Å². The maximum Gasteiger partial charge on any atom is 0.405 e. The van der Waals surface area contributed by atoms with E-state index >= 15 is 0 Å². The predicted molar refractivity (Wildman–Crippen MR) is 70.4 cm³/mol. The molecule has 1 rings (SSSR count). The molecule has 0 aliphatic heterocycles. The smallest absolute Gasteiger partial charge is 0.405 e. The van der Waals surface area contributed by atoms with Crippen LogP contribution in [-0.4, -0.2) is 17.3 Å². The van der Waals surface area contributed by atoms with Crippen LogP contribution < -0.4 is 5.73 Å². The van der Waals surface area contributed by atoms with E-state index in [1.807, 2.05) is 26.8 Å². The van der Waals surface area contributed by atoms with Crippen molar-refractivity contribution < 1.29 is 14.6 Å². The number of primary amides is 1. The van der Waals surface area contributed by atoms with Gasteiger partial charge < -0.3 is 15.6 Å². The summed E-state index contributed by atoms with van der Waals surface area (Å²) in [6.07, 6.45) is -2.65. The number of ether oxygens (including phenoxy) is 1. The Kier molecular flexibility index (Phi) is 4.99. The number of aryl methyl sites for hydroxylation is 1. The van der Waals surface area contributed by atoms with E-state index in [2.05, 4.69) is 0 Å². The van der Waals surface area contributed by atoms with Crippen molar-refractivity contribution in [2.75, 3.05) is 0 Å². The summed E-state index contributed by atoms with van der Waals surface area (Å²) in [5, 5.41) is 10.5. The Morgan fingerprint density at radius 1 is 1.44 bits per heavy atom. The number of hydrogen-bond donors (Lipinski definition) is 2. The number of amides is 1. The van der Waals surface area contributed by atoms with Crippen LogP contribution >= 0.6 is 11.6 Å². The van der Waals surface area contributed by atoms with E-state index in [9.17, 15) is 9.90 Å². The summed E-state index contributed by atoms with van der Waals surface area (Å²) in [5.41, 5.74) is 6.58. The Balaban J connectivity index is 3.12. The fraction of sp³-hybridized carbons (Fsp3) is 0.462. The van der Waals surface area contributed by atoms with Gasteiger partial charge in [0.05, 0.1) is 6.10 Å². The van der Waals surface area contributed by atoms with Crippen LogP contribution in [0.2, 0.25) is 5.02 Å². The van der Waals surface area contributed by atoms with Crippen molar-refractivity contribution in [3.05, 3.63) is 34.3 Å². The monoisotopic (exact) mass is 271 g/mol. The van der Waals surface area contributed by atoms with E-state index in [0.717, 1.165) is 5.56 Å². The van der Waals surface area contributed by atoms with Crippen molar-refractivity contribution in [3.63, 3.8) is 0 Å². The Labute approximate surface area is 112 Å². The first-order valence-corrected chi connectivity index (χ1v) is 6.11. The largest absolute Gasteiger partial charge is 0.439 e. The molecule has 0 radical (unpaired) electrons. The highest BCUT2D eigenvalue weighted by molar-refractivity contribution is 6.31.